The molecule has 2 aliphatic rings. The predicted molar refractivity (Wildman–Crippen MR) is 85.0 cm³/mol. The minimum atomic E-state index is 0.605. The summed E-state index contributed by atoms with van der Waals surface area (Å²) in [7, 11) is 6.11. The molecule has 102 valence electrons. The Bertz CT molecular complexity index is 510. The predicted octanol–water partition coefficient (Wildman–Crippen LogP) is 3.26. The summed E-state index contributed by atoms with van der Waals surface area (Å²) in [6.45, 7) is 0. The summed E-state index contributed by atoms with van der Waals surface area (Å²) >= 11 is 2.02. The SMILES string of the molecule is CN=C1CCC2Nc3ccc(N(C)C)cc3SC2C1. The molecule has 0 bridgehead atoms. The molecule has 4 heteroatoms. The van der Waals surface area contributed by atoms with E-state index in [2.05, 4.69) is 47.5 Å². The number of rotatable bonds is 1. The molecule has 0 radical (unpaired) electrons. The first-order chi connectivity index (χ1) is 9.17. The smallest absolute Gasteiger partial charge is 0.0482 e. The van der Waals surface area contributed by atoms with Gasteiger partial charge >= 0.3 is 0 Å². The van der Waals surface area contributed by atoms with Crippen molar-refractivity contribution in [2.24, 2.45) is 4.99 Å². The van der Waals surface area contributed by atoms with Gasteiger partial charge in [-0.3, -0.25) is 4.99 Å². The Morgan fingerprint density at radius 3 is 2.95 bits per heavy atom. The van der Waals surface area contributed by atoms with Gasteiger partial charge in [0.2, 0.25) is 0 Å². The zero-order valence-corrected chi connectivity index (χ0v) is 12.6. The fourth-order valence-corrected chi connectivity index (χ4v) is 4.26. The van der Waals surface area contributed by atoms with Gasteiger partial charge in [-0.1, -0.05) is 0 Å². The lowest BCUT2D eigenvalue weighted by Crippen LogP contribution is -2.40. The van der Waals surface area contributed by atoms with Crippen molar-refractivity contribution in [2.45, 2.75) is 35.4 Å². The molecule has 1 N–H and O–H groups in total. The molecular weight excluding hydrogens is 254 g/mol. The van der Waals surface area contributed by atoms with E-state index in [0.717, 1.165) is 12.8 Å². The standard InChI is InChI=1S/C15H21N3S/c1-16-10-4-6-12-14(8-10)19-15-9-11(18(2)3)5-7-13(15)17-12/h5,7,9,12,14,17H,4,6,8H2,1-3H3. The van der Waals surface area contributed by atoms with Crippen LogP contribution in [-0.4, -0.2) is 38.1 Å². The summed E-state index contributed by atoms with van der Waals surface area (Å²) < 4.78 is 0. The number of hydrogen-bond donors (Lipinski definition) is 1. The van der Waals surface area contributed by atoms with Crippen molar-refractivity contribution in [2.75, 3.05) is 31.4 Å². The first-order valence-corrected chi connectivity index (χ1v) is 7.74. The van der Waals surface area contributed by atoms with Crippen molar-refractivity contribution in [1.29, 1.82) is 0 Å². The summed E-state index contributed by atoms with van der Waals surface area (Å²) in [5.41, 5.74) is 3.95. The normalized spacial score (nSPS) is 27.4. The molecule has 1 aliphatic carbocycles. The van der Waals surface area contributed by atoms with Gasteiger partial charge in [0.25, 0.3) is 0 Å². The Morgan fingerprint density at radius 1 is 1.37 bits per heavy atom. The number of nitrogens with one attached hydrogen (secondary N) is 1. The summed E-state index contributed by atoms with van der Waals surface area (Å²) in [6, 6.07) is 7.31. The van der Waals surface area contributed by atoms with Crippen LogP contribution in [0.15, 0.2) is 28.1 Å². The molecule has 19 heavy (non-hydrogen) atoms. The van der Waals surface area contributed by atoms with E-state index in [4.69, 9.17) is 0 Å². The van der Waals surface area contributed by atoms with Crippen LogP contribution in [0.25, 0.3) is 0 Å². The first kappa shape index (κ1) is 12.9. The quantitative estimate of drug-likeness (QED) is 0.852. The molecule has 2 unspecified atom stereocenters. The number of benzene rings is 1. The second-order valence-corrected chi connectivity index (χ2v) is 6.80. The zero-order chi connectivity index (χ0) is 13.4. The minimum Gasteiger partial charge on any atom is -0.380 e. The van der Waals surface area contributed by atoms with Gasteiger partial charge in [0.05, 0.1) is 0 Å². The first-order valence-electron chi connectivity index (χ1n) is 6.86. The largest absolute Gasteiger partial charge is 0.380 e. The van der Waals surface area contributed by atoms with Crippen LogP contribution < -0.4 is 10.2 Å². The zero-order valence-electron chi connectivity index (χ0n) is 11.8. The lowest BCUT2D eigenvalue weighted by molar-refractivity contribution is 0.599. The van der Waals surface area contributed by atoms with E-state index in [1.165, 1.54) is 28.4 Å². The van der Waals surface area contributed by atoms with Gasteiger partial charge in [-0.15, -0.1) is 11.8 Å². The van der Waals surface area contributed by atoms with Crippen molar-refractivity contribution in [3.8, 4) is 0 Å². The molecule has 1 aliphatic heterocycles. The Hall–Kier alpha value is -1.16. The molecule has 3 nitrogen and oxygen atoms in total. The van der Waals surface area contributed by atoms with Crippen LogP contribution in [0, 0.1) is 0 Å². The molecule has 1 heterocycles. The molecule has 1 fully saturated rings. The van der Waals surface area contributed by atoms with E-state index in [1.807, 2.05) is 18.8 Å². The lowest BCUT2D eigenvalue weighted by atomic mass is 9.92. The van der Waals surface area contributed by atoms with Crippen molar-refractivity contribution in [3.05, 3.63) is 18.2 Å². The van der Waals surface area contributed by atoms with Crippen molar-refractivity contribution in [1.82, 2.24) is 0 Å². The fourth-order valence-electron chi connectivity index (χ4n) is 2.85. The minimum absolute atomic E-state index is 0.605. The topological polar surface area (TPSA) is 27.6 Å². The summed E-state index contributed by atoms with van der Waals surface area (Å²) in [5.74, 6) is 0. The molecular formula is C15H21N3S. The maximum Gasteiger partial charge on any atom is 0.0482 e. The maximum atomic E-state index is 4.41. The lowest BCUT2D eigenvalue weighted by Gasteiger charge is -2.38. The number of nitrogens with zero attached hydrogens (tertiary/aromatic N) is 2. The Kier molecular flexibility index (Phi) is 3.44. The van der Waals surface area contributed by atoms with Crippen LogP contribution in [0.5, 0.6) is 0 Å². The van der Waals surface area contributed by atoms with E-state index in [-0.39, 0.29) is 0 Å². The van der Waals surface area contributed by atoms with Gasteiger partial charge in [-0.05, 0) is 37.5 Å². The van der Waals surface area contributed by atoms with E-state index < -0.39 is 0 Å². The van der Waals surface area contributed by atoms with Gasteiger partial charge in [-0.25, -0.2) is 0 Å². The van der Waals surface area contributed by atoms with Gasteiger partial charge < -0.3 is 10.2 Å². The fraction of sp³-hybridized carbons (Fsp3) is 0.533. The average Bonchev–Trinajstić information content (AvgIpc) is 2.43. The van der Waals surface area contributed by atoms with Crippen molar-refractivity contribution < 1.29 is 0 Å². The highest BCUT2D eigenvalue weighted by molar-refractivity contribution is 8.00. The number of hydrogen-bond acceptors (Lipinski definition) is 4. The van der Waals surface area contributed by atoms with Gasteiger partial charge in [0, 0.05) is 54.4 Å². The monoisotopic (exact) mass is 275 g/mol. The van der Waals surface area contributed by atoms with E-state index in [1.54, 1.807) is 0 Å². The van der Waals surface area contributed by atoms with E-state index in [9.17, 15) is 0 Å². The average molecular weight is 275 g/mol. The number of fused-ring (bicyclic) bond motifs is 2. The van der Waals surface area contributed by atoms with Crippen LogP contribution in [0.4, 0.5) is 11.4 Å². The number of thioether (sulfide) groups is 1. The van der Waals surface area contributed by atoms with Crippen molar-refractivity contribution >= 4 is 28.8 Å². The van der Waals surface area contributed by atoms with Crippen LogP contribution >= 0.6 is 11.8 Å². The number of anilines is 2. The molecule has 1 aromatic rings. The summed E-state index contributed by atoms with van der Waals surface area (Å²) in [4.78, 5) is 7.95. The second kappa shape index (κ2) is 5.08. The molecule has 3 rings (SSSR count). The molecule has 0 spiro atoms. The van der Waals surface area contributed by atoms with Gasteiger partial charge in [0.15, 0.2) is 0 Å². The molecule has 2 atom stereocenters. The third-order valence-corrected chi connectivity index (χ3v) is 5.44. The summed E-state index contributed by atoms with van der Waals surface area (Å²) in [5, 5.41) is 4.35. The number of aliphatic imine (C=N–C) groups is 1. The Balaban J connectivity index is 1.86. The highest BCUT2D eigenvalue weighted by Crippen LogP contribution is 2.43. The molecule has 1 saturated carbocycles. The molecule has 0 amide bonds. The van der Waals surface area contributed by atoms with Crippen LogP contribution in [-0.2, 0) is 0 Å². The molecule has 1 aromatic carbocycles. The van der Waals surface area contributed by atoms with E-state index >= 15 is 0 Å². The molecule has 0 aromatic heterocycles. The third kappa shape index (κ3) is 2.46. The Morgan fingerprint density at radius 2 is 2.21 bits per heavy atom. The summed E-state index contributed by atoms with van der Waals surface area (Å²) in [6.07, 6.45) is 3.49. The third-order valence-electron chi connectivity index (χ3n) is 4.05. The van der Waals surface area contributed by atoms with Crippen molar-refractivity contribution in [3.63, 3.8) is 0 Å². The highest BCUT2D eigenvalue weighted by atomic mass is 32.2. The Labute approximate surface area is 119 Å². The second-order valence-electron chi connectivity index (χ2n) is 5.51. The highest BCUT2D eigenvalue weighted by Gasteiger charge is 2.33. The van der Waals surface area contributed by atoms with Gasteiger partial charge in [0.1, 0.15) is 0 Å². The van der Waals surface area contributed by atoms with E-state index in [0.29, 0.717) is 11.3 Å². The van der Waals surface area contributed by atoms with Crippen LogP contribution in [0.2, 0.25) is 0 Å². The van der Waals surface area contributed by atoms with Gasteiger partial charge in [-0.2, -0.15) is 0 Å². The van der Waals surface area contributed by atoms with Crippen LogP contribution in [0.3, 0.4) is 0 Å². The van der Waals surface area contributed by atoms with Crippen LogP contribution in [0.1, 0.15) is 19.3 Å². The molecule has 0 saturated heterocycles. The maximum absolute atomic E-state index is 4.41.